The Kier molecular flexibility index (Phi) is 11.0. The summed E-state index contributed by atoms with van der Waals surface area (Å²) < 4.78 is 35.2. The second-order valence-corrected chi connectivity index (χ2v) is 17.0. The fraction of sp³-hybridized carbons (Fsp3) is 0.548. The summed E-state index contributed by atoms with van der Waals surface area (Å²) in [6.07, 6.45) is -8.53. The molecule has 1 aliphatic carbocycles. The Morgan fingerprint density at radius 3 is 2.16 bits per heavy atom. The summed E-state index contributed by atoms with van der Waals surface area (Å²) in [6.45, 7) is 11.7. The van der Waals surface area contributed by atoms with Crippen LogP contribution in [0.15, 0.2) is 71.8 Å². The number of hydrogen-bond donors (Lipinski definition) is 4. The molecule has 4 N–H and O–H groups in total. The minimum Gasteiger partial charge on any atom is -0.459 e. The normalized spacial score (nSPS) is 33.2. The number of amides is 1. The van der Waals surface area contributed by atoms with E-state index in [1.807, 2.05) is 0 Å². The number of rotatable bonds is 9. The molecule has 6 rings (SSSR count). The molecule has 3 heterocycles. The topological polar surface area (TPSA) is 213 Å². The molecule has 1 amide bonds. The molecule has 0 spiro atoms. The Hall–Kier alpha value is -4.67. The summed E-state index contributed by atoms with van der Waals surface area (Å²) in [7, 11) is 0. The van der Waals surface area contributed by atoms with Crippen LogP contribution in [0.3, 0.4) is 0 Å². The van der Waals surface area contributed by atoms with Gasteiger partial charge in [-0.2, -0.15) is 0 Å². The number of aliphatic hydroxyl groups is 3. The van der Waals surface area contributed by atoms with Crippen LogP contribution in [0, 0.1) is 16.7 Å². The zero-order chi connectivity index (χ0) is 41.9. The Bertz CT molecular complexity index is 1940. The molecule has 2 unspecified atom stereocenters. The number of nitrogens with one attached hydrogen (secondary N) is 1. The van der Waals surface area contributed by atoms with Crippen molar-refractivity contribution < 1.29 is 67.7 Å². The maximum atomic E-state index is 15.1. The number of alkyl carbamates (subject to hydrolysis) is 1. The highest BCUT2D eigenvalue weighted by Gasteiger charge is 2.80. The van der Waals surface area contributed by atoms with Crippen LogP contribution in [0.2, 0.25) is 0 Å². The zero-order valence-corrected chi connectivity index (χ0v) is 33.3. The quantitative estimate of drug-likeness (QED) is 0.163. The molecule has 3 aliphatic heterocycles. The molecule has 15 nitrogen and oxygen atoms in total. The van der Waals surface area contributed by atoms with Gasteiger partial charge in [0.25, 0.3) is 0 Å². The number of carbonyl (C=O) groups is 5. The monoisotopic (exact) mass is 793 g/mol. The number of fused-ring (bicyclic) bond motifs is 5. The van der Waals surface area contributed by atoms with Gasteiger partial charge in [-0.05, 0) is 63.5 Å². The zero-order valence-electron chi connectivity index (χ0n) is 33.3. The van der Waals surface area contributed by atoms with Gasteiger partial charge >= 0.3 is 24.0 Å². The van der Waals surface area contributed by atoms with Gasteiger partial charge in [0.2, 0.25) is 5.79 Å². The Labute approximate surface area is 330 Å². The molecule has 15 heteroatoms. The highest BCUT2D eigenvalue weighted by molar-refractivity contribution is 5.95. The summed E-state index contributed by atoms with van der Waals surface area (Å²) in [6, 6.07) is 15.0. The predicted octanol–water partition coefficient (Wildman–Crippen LogP) is 3.48. The van der Waals surface area contributed by atoms with Crippen LogP contribution in [0.1, 0.15) is 83.8 Å². The van der Waals surface area contributed by atoms with Gasteiger partial charge in [-0.3, -0.25) is 9.59 Å². The first-order valence-corrected chi connectivity index (χ1v) is 18.9. The number of ether oxygens (including phenoxy) is 6. The van der Waals surface area contributed by atoms with Gasteiger partial charge in [-0.1, -0.05) is 62.4 Å². The number of ketones is 1. The van der Waals surface area contributed by atoms with Gasteiger partial charge in [0.15, 0.2) is 23.6 Å². The van der Waals surface area contributed by atoms with E-state index >= 15 is 4.79 Å². The van der Waals surface area contributed by atoms with Crippen LogP contribution in [-0.4, -0.2) is 106 Å². The third-order valence-electron chi connectivity index (χ3n) is 11.8. The highest BCUT2D eigenvalue weighted by Crippen LogP contribution is 2.65. The van der Waals surface area contributed by atoms with E-state index in [1.165, 1.54) is 26.0 Å². The van der Waals surface area contributed by atoms with E-state index in [0.29, 0.717) is 5.56 Å². The number of benzene rings is 2. The minimum atomic E-state index is -2.50. The minimum absolute atomic E-state index is 0.118. The second-order valence-electron chi connectivity index (χ2n) is 17.0. The molecular formula is C42H51NO14. The molecule has 308 valence electrons. The molecule has 57 heavy (non-hydrogen) atoms. The van der Waals surface area contributed by atoms with Crippen molar-refractivity contribution >= 4 is 29.8 Å². The van der Waals surface area contributed by atoms with Crippen LogP contribution in [0.5, 0.6) is 0 Å². The highest BCUT2D eigenvalue weighted by atomic mass is 16.7. The van der Waals surface area contributed by atoms with E-state index in [1.54, 1.807) is 90.1 Å². The summed E-state index contributed by atoms with van der Waals surface area (Å²) in [5, 5.41) is 38.5. The third kappa shape index (κ3) is 7.13. The lowest BCUT2D eigenvalue weighted by Crippen LogP contribution is -2.79. The summed E-state index contributed by atoms with van der Waals surface area (Å²) in [4.78, 5) is 67.9. The fourth-order valence-corrected chi connectivity index (χ4v) is 9.00. The molecule has 2 aromatic rings. The molecule has 0 aromatic heterocycles. The van der Waals surface area contributed by atoms with Gasteiger partial charge in [0, 0.05) is 18.8 Å². The fourth-order valence-electron chi connectivity index (χ4n) is 9.00. The van der Waals surface area contributed by atoms with Crippen molar-refractivity contribution in [2.45, 2.75) is 115 Å². The van der Waals surface area contributed by atoms with E-state index < -0.39 is 107 Å². The lowest BCUT2D eigenvalue weighted by molar-refractivity contribution is -0.356. The number of hydrogen-bond acceptors (Lipinski definition) is 14. The molecule has 0 radical (unpaired) electrons. The molecule has 4 fully saturated rings. The predicted molar refractivity (Wildman–Crippen MR) is 199 cm³/mol. The average Bonchev–Trinajstić information content (AvgIpc) is 3.32. The lowest BCUT2D eigenvalue weighted by atomic mass is 9.49. The van der Waals surface area contributed by atoms with E-state index in [4.69, 9.17) is 28.4 Å². The summed E-state index contributed by atoms with van der Waals surface area (Å²) in [5.74, 6) is -7.24. The molecule has 3 saturated heterocycles. The van der Waals surface area contributed by atoms with E-state index in [0.717, 1.165) is 0 Å². The van der Waals surface area contributed by atoms with Gasteiger partial charge < -0.3 is 49.1 Å². The van der Waals surface area contributed by atoms with Crippen LogP contribution in [0.25, 0.3) is 0 Å². The van der Waals surface area contributed by atoms with Crippen molar-refractivity contribution in [3.63, 3.8) is 0 Å². The second kappa shape index (κ2) is 14.9. The third-order valence-corrected chi connectivity index (χ3v) is 11.8. The molecule has 2 aromatic carbocycles. The van der Waals surface area contributed by atoms with Crippen molar-refractivity contribution in [1.29, 1.82) is 0 Å². The maximum Gasteiger partial charge on any atom is 0.408 e. The van der Waals surface area contributed by atoms with Gasteiger partial charge in [-0.25, -0.2) is 14.4 Å². The first-order chi connectivity index (χ1) is 26.6. The molecule has 10 atom stereocenters. The van der Waals surface area contributed by atoms with Crippen molar-refractivity contribution in [2.24, 2.45) is 16.7 Å². The molecule has 2 bridgehead atoms. The summed E-state index contributed by atoms with van der Waals surface area (Å²) >= 11 is 0. The van der Waals surface area contributed by atoms with Crippen molar-refractivity contribution in [1.82, 2.24) is 5.32 Å². The SMILES string of the molecule is CC(=O)O[C@@]12CO[C@@H]1C[C@H](O)[C@@]1(C)C(=O)[C@@H]3O[C@](O)(C(OC(=O)c4ccccc4)C12)C(C)(C)/C3=C(/C)COC(=O)[C@H](O)[C@@H](NC(=O)OC(C)(C)C)c1ccccc1. The van der Waals surface area contributed by atoms with Crippen LogP contribution >= 0.6 is 0 Å². The van der Waals surface area contributed by atoms with Gasteiger partial charge in [-0.15, -0.1) is 0 Å². The van der Waals surface area contributed by atoms with E-state index in [9.17, 15) is 34.5 Å². The van der Waals surface area contributed by atoms with Crippen LogP contribution in [0.4, 0.5) is 4.79 Å². The average molecular weight is 794 g/mol. The number of aliphatic hydroxyl groups excluding tert-OH is 2. The Morgan fingerprint density at radius 1 is 0.982 bits per heavy atom. The summed E-state index contributed by atoms with van der Waals surface area (Å²) in [5.41, 5.74) is -4.93. The number of Topliss-reactive ketones (excluding diaryl/α,β-unsaturated/α-hetero) is 1. The Balaban J connectivity index is 1.38. The van der Waals surface area contributed by atoms with Crippen LogP contribution < -0.4 is 5.32 Å². The Morgan fingerprint density at radius 2 is 1.60 bits per heavy atom. The van der Waals surface area contributed by atoms with Crippen LogP contribution in [-0.2, 0) is 42.8 Å². The molecular weight excluding hydrogens is 742 g/mol. The number of carbonyl (C=O) groups excluding carboxylic acids is 5. The largest absolute Gasteiger partial charge is 0.459 e. The van der Waals surface area contributed by atoms with Gasteiger partial charge in [0.05, 0.1) is 35.6 Å². The molecule has 1 saturated carbocycles. The number of esters is 3. The van der Waals surface area contributed by atoms with E-state index in [-0.39, 0.29) is 29.7 Å². The van der Waals surface area contributed by atoms with Crippen molar-refractivity contribution in [2.75, 3.05) is 13.2 Å². The van der Waals surface area contributed by atoms with Gasteiger partial charge in [0.1, 0.15) is 24.4 Å². The smallest absolute Gasteiger partial charge is 0.408 e. The first kappa shape index (κ1) is 41.9. The van der Waals surface area contributed by atoms with Crippen molar-refractivity contribution in [3.8, 4) is 0 Å². The lowest BCUT2D eigenvalue weighted by Gasteiger charge is -2.63. The maximum absolute atomic E-state index is 15.1. The van der Waals surface area contributed by atoms with E-state index in [2.05, 4.69) is 5.32 Å². The first-order valence-electron chi connectivity index (χ1n) is 18.9. The standard InChI is InChI=1S/C42H51NO14/c1-22(20-52-36(49)30(46)29(24-15-11-9-12-16-24)43-37(50)57-38(3,4)5)28-31-33(47)40(8)26(45)19-27-41(21-53-27,55-23(2)44)32(40)34(42(51,56-31)39(28,6)7)54-35(48)25-17-13-10-14-18-25/h9-18,26-27,29-32,34,45-46,51H,19-21H2,1-8H3,(H,43,50)/b28-22-/t26-,27+,29-,30+,31+,32?,34?,40+,41-,42+/m0/s1. The molecule has 4 aliphatic rings. The van der Waals surface area contributed by atoms with Crippen molar-refractivity contribution in [3.05, 3.63) is 82.9 Å².